The van der Waals surface area contributed by atoms with Gasteiger partial charge in [-0.15, -0.1) is 24.8 Å². The van der Waals surface area contributed by atoms with E-state index in [1.807, 2.05) is 17.7 Å². The maximum atomic E-state index is 12.5. The summed E-state index contributed by atoms with van der Waals surface area (Å²) < 4.78 is 1.88. The molecule has 1 aliphatic rings. The lowest BCUT2D eigenvalue weighted by Crippen LogP contribution is -2.46. The highest BCUT2D eigenvalue weighted by molar-refractivity contribution is 5.98. The van der Waals surface area contributed by atoms with Crippen molar-refractivity contribution in [2.45, 2.75) is 26.8 Å². The van der Waals surface area contributed by atoms with Gasteiger partial charge in [-0.3, -0.25) is 9.69 Å². The minimum absolute atomic E-state index is 0. The summed E-state index contributed by atoms with van der Waals surface area (Å²) in [5, 5.41) is 11.6. The molecule has 0 spiro atoms. The third-order valence-electron chi connectivity index (χ3n) is 4.42. The van der Waals surface area contributed by atoms with Crippen molar-refractivity contribution in [1.82, 2.24) is 30.3 Å². The standard InChI is InChI=1S/C17H26N6O.2ClH/c1-12(2)23-16-14(11-20-23)10-15(13(3)21-16)17(24)19-6-9-22-7-4-18-5-8-22;;/h10-12,18H,4-9H2,1-3H3,(H,19,24);2*1H. The number of amides is 1. The van der Waals surface area contributed by atoms with Gasteiger partial charge in [-0.25, -0.2) is 9.67 Å². The zero-order chi connectivity index (χ0) is 17.1. The average Bonchev–Trinajstić information content (AvgIpc) is 2.98. The third kappa shape index (κ3) is 5.07. The van der Waals surface area contributed by atoms with E-state index < -0.39 is 0 Å². The Labute approximate surface area is 166 Å². The van der Waals surface area contributed by atoms with Crippen LogP contribution in [0.5, 0.6) is 0 Å². The largest absolute Gasteiger partial charge is 0.351 e. The normalized spacial score (nSPS) is 14.8. The van der Waals surface area contributed by atoms with Gasteiger partial charge in [0.1, 0.15) is 0 Å². The second-order valence-electron chi connectivity index (χ2n) is 6.56. The van der Waals surface area contributed by atoms with Gasteiger partial charge in [-0.1, -0.05) is 0 Å². The quantitative estimate of drug-likeness (QED) is 0.797. The first kappa shape index (κ1) is 22.6. The molecule has 2 aromatic rings. The number of hydrogen-bond acceptors (Lipinski definition) is 5. The molecule has 0 unspecified atom stereocenters. The number of fused-ring (bicyclic) bond motifs is 1. The molecule has 0 atom stereocenters. The molecule has 3 heterocycles. The molecule has 0 saturated carbocycles. The number of nitrogens with zero attached hydrogens (tertiary/aromatic N) is 4. The SMILES string of the molecule is Cc1nc2c(cnn2C(C)C)cc1C(=O)NCCN1CCNCC1.Cl.Cl. The number of pyridine rings is 1. The third-order valence-corrected chi connectivity index (χ3v) is 4.42. The number of carbonyl (C=O) groups is 1. The Bertz CT molecular complexity index is 727. The molecule has 1 amide bonds. The molecule has 2 aromatic heterocycles. The van der Waals surface area contributed by atoms with Gasteiger partial charge in [0.05, 0.1) is 17.5 Å². The lowest BCUT2D eigenvalue weighted by molar-refractivity contribution is 0.0946. The molecule has 9 heteroatoms. The van der Waals surface area contributed by atoms with E-state index in [0.29, 0.717) is 12.1 Å². The molecule has 1 fully saturated rings. The first-order chi connectivity index (χ1) is 11.6. The van der Waals surface area contributed by atoms with E-state index in [1.165, 1.54) is 0 Å². The summed E-state index contributed by atoms with van der Waals surface area (Å²) in [4.78, 5) is 19.4. The van der Waals surface area contributed by atoms with Crippen molar-refractivity contribution < 1.29 is 4.79 Å². The van der Waals surface area contributed by atoms with Gasteiger partial charge < -0.3 is 10.6 Å². The van der Waals surface area contributed by atoms with Gasteiger partial charge in [0.25, 0.3) is 5.91 Å². The van der Waals surface area contributed by atoms with Crippen LogP contribution in [0.3, 0.4) is 0 Å². The number of rotatable bonds is 5. The Kier molecular flexibility index (Phi) is 8.76. The van der Waals surface area contributed by atoms with Gasteiger partial charge >= 0.3 is 0 Å². The average molecular weight is 403 g/mol. The van der Waals surface area contributed by atoms with Crippen LogP contribution in [-0.2, 0) is 0 Å². The highest BCUT2D eigenvalue weighted by Gasteiger charge is 2.15. The molecule has 3 rings (SSSR count). The second kappa shape index (κ2) is 10.1. The Hall–Kier alpha value is -1.41. The fourth-order valence-corrected chi connectivity index (χ4v) is 3.03. The number of aryl methyl sites for hydroxylation is 1. The Morgan fingerprint density at radius 1 is 1.31 bits per heavy atom. The lowest BCUT2D eigenvalue weighted by Gasteiger charge is -2.27. The minimum Gasteiger partial charge on any atom is -0.351 e. The second-order valence-corrected chi connectivity index (χ2v) is 6.56. The first-order valence-electron chi connectivity index (χ1n) is 8.62. The molecule has 26 heavy (non-hydrogen) atoms. The molecule has 0 bridgehead atoms. The van der Waals surface area contributed by atoms with Gasteiger partial charge in [0.2, 0.25) is 0 Å². The van der Waals surface area contributed by atoms with Crippen molar-refractivity contribution in [3.05, 3.63) is 23.5 Å². The zero-order valence-electron chi connectivity index (χ0n) is 15.5. The zero-order valence-corrected chi connectivity index (χ0v) is 17.1. The van der Waals surface area contributed by atoms with Crippen LogP contribution in [0.15, 0.2) is 12.3 Å². The van der Waals surface area contributed by atoms with Crippen molar-refractivity contribution in [2.75, 3.05) is 39.3 Å². The van der Waals surface area contributed by atoms with Crippen LogP contribution < -0.4 is 10.6 Å². The van der Waals surface area contributed by atoms with Gasteiger partial charge in [-0.2, -0.15) is 5.10 Å². The maximum absolute atomic E-state index is 12.5. The summed E-state index contributed by atoms with van der Waals surface area (Å²) in [6.07, 6.45) is 1.78. The highest BCUT2D eigenvalue weighted by atomic mass is 35.5. The summed E-state index contributed by atoms with van der Waals surface area (Å²) >= 11 is 0. The van der Waals surface area contributed by atoms with E-state index in [1.54, 1.807) is 6.20 Å². The van der Waals surface area contributed by atoms with Gasteiger partial charge in [0, 0.05) is 50.7 Å². The fourth-order valence-electron chi connectivity index (χ4n) is 3.03. The number of hydrogen-bond donors (Lipinski definition) is 2. The van der Waals surface area contributed by atoms with E-state index in [-0.39, 0.29) is 36.8 Å². The molecule has 0 aliphatic carbocycles. The summed E-state index contributed by atoms with van der Waals surface area (Å²) in [7, 11) is 0. The smallest absolute Gasteiger partial charge is 0.253 e. The number of piperazine rings is 1. The summed E-state index contributed by atoms with van der Waals surface area (Å²) in [6.45, 7) is 11.7. The van der Waals surface area contributed by atoms with Crippen molar-refractivity contribution in [3.8, 4) is 0 Å². The minimum atomic E-state index is -0.0608. The summed E-state index contributed by atoms with van der Waals surface area (Å²) in [5.74, 6) is -0.0608. The Morgan fingerprint density at radius 2 is 2.00 bits per heavy atom. The van der Waals surface area contributed by atoms with Crippen LogP contribution >= 0.6 is 24.8 Å². The van der Waals surface area contributed by atoms with E-state index in [9.17, 15) is 4.79 Å². The molecule has 7 nitrogen and oxygen atoms in total. The van der Waals surface area contributed by atoms with E-state index in [0.717, 1.165) is 49.5 Å². The van der Waals surface area contributed by atoms with Gasteiger partial charge in [-0.05, 0) is 26.8 Å². The van der Waals surface area contributed by atoms with E-state index >= 15 is 0 Å². The van der Waals surface area contributed by atoms with Crippen molar-refractivity contribution in [1.29, 1.82) is 0 Å². The molecule has 1 saturated heterocycles. The fraction of sp³-hybridized carbons (Fsp3) is 0.588. The van der Waals surface area contributed by atoms with Crippen LogP contribution in [0.4, 0.5) is 0 Å². The molecule has 1 aliphatic heterocycles. The maximum Gasteiger partial charge on any atom is 0.253 e. The molecular weight excluding hydrogens is 375 g/mol. The summed E-state index contributed by atoms with van der Waals surface area (Å²) in [6, 6.07) is 2.14. The summed E-state index contributed by atoms with van der Waals surface area (Å²) in [5.41, 5.74) is 2.20. The van der Waals surface area contributed by atoms with Crippen LogP contribution in [0.2, 0.25) is 0 Å². The van der Waals surface area contributed by atoms with E-state index in [4.69, 9.17) is 0 Å². The number of aromatic nitrogens is 3. The van der Waals surface area contributed by atoms with Crippen molar-refractivity contribution >= 4 is 41.8 Å². The first-order valence-corrected chi connectivity index (χ1v) is 8.62. The topological polar surface area (TPSA) is 75.1 Å². The predicted octanol–water partition coefficient (Wildman–Crippen LogP) is 1.80. The number of nitrogens with one attached hydrogen (secondary N) is 2. The molecule has 2 N–H and O–H groups in total. The Balaban J connectivity index is 0.00000169. The molecule has 146 valence electrons. The highest BCUT2D eigenvalue weighted by Crippen LogP contribution is 2.19. The molecular formula is C17H28Cl2N6O. The van der Waals surface area contributed by atoms with Gasteiger partial charge in [0.15, 0.2) is 5.65 Å². The van der Waals surface area contributed by atoms with Crippen molar-refractivity contribution in [2.24, 2.45) is 0 Å². The van der Waals surface area contributed by atoms with E-state index in [2.05, 4.69) is 39.5 Å². The van der Waals surface area contributed by atoms with Crippen LogP contribution in [0.1, 0.15) is 35.9 Å². The lowest BCUT2D eigenvalue weighted by atomic mass is 10.1. The molecule has 0 aromatic carbocycles. The number of halogens is 2. The monoisotopic (exact) mass is 402 g/mol. The van der Waals surface area contributed by atoms with Crippen LogP contribution in [-0.4, -0.2) is 64.8 Å². The number of carbonyl (C=O) groups excluding carboxylic acids is 1. The molecule has 0 radical (unpaired) electrons. The van der Waals surface area contributed by atoms with Crippen LogP contribution in [0.25, 0.3) is 11.0 Å². The van der Waals surface area contributed by atoms with Crippen molar-refractivity contribution in [3.63, 3.8) is 0 Å². The van der Waals surface area contributed by atoms with Crippen LogP contribution in [0, 0.1) is 6.92 Å². The predicted molar refractivity (Wildman–Crippen MR) is 109 cm³/mol. The Morgan fingerprint density at radius 3 is 2.65 bits per heavy atom.